The van der Waals surface area contributed by atoms with Crippen LogP contribution in [0.5, 0.6) is 0 Å². The van der Waals surface area contributed by atoms with Gasteiger partial charge in [-0.1, -0.05) is 43.0 Å². The van der Waals surface area contributed by atoms with Crippen LogP contribution < -0.4 is 5.32 Å². The zero-order valence-electron chi connectivity index (χ0n) is 21.5. The number of ether oxygens (including phenoxy) is 2. The number of benzene rings is 1. The second-order valence-corrected chi connectivity index (χ2v) is 12.0. The van der Waals surface area contributed by atoms with Crippen molar-refractivity contribution in [3.63, 3.8) is 0 Å². The molecule has 0 spiro atoms. The van der Waals surface area contributed by atoms with Gasteiger partial charge in [0.05, 0.1) is 27.8 Å². The van der Waals surface area contributed by atoms with Gasteiger partial charge in [0.2, 0.25) is 5.91 Å². The Bertz CT molecular complexity index is 954. The number of hydrogen-bond donors (Lipinski definition) is 5. The number of hydrogen-bond acceptors (Lipinski definition) is 9. The van der Waals surface area contributed by atoms with E-state index in [0.717, 1.165) is 43.9 Å². The van der Waals surface area contributed by atoms with Crippen molar-refractivity contribution in [3.8, 4) is 0 Å². The van der Waals surface area contributed by atoms with Crippen LogP contribution in [0.4, 0.5) is 0 Å². The number of carbonyl (C=O) groups excluding carboxylic acids is 2. The summed E-state index contributed by atoms with van der Waals surface area (Å²) in [4.78, 5) is 25.2. The van der Waals surface area contributed by atoms with Crippen LogP contribution in [-0.2, 0) is 14.3 Å². The van der Waals surface area contributed by atoms with Gasteiger partial charge < -0.3 is 35.2 Å². The van der Waals surface area contributed by atoms with Crippen molar-refractivity contribution < 1.29 is 39.5 Å². The maximum absolute atomic E-state index is 13.0. The highest BCUT2D eigenvalue weighted by molar-refractivity contribution is 7.99. The van der Waals surface area contributed by atoms with E-state index in [1.54, 1.807) is 0 Å². The van der Waals surface area contributed by atoms with Gasteiger partial charge in [-0.05, 0) is 50.3 Å². The maximum atomic E-state index is 13.0. The molecule has 2 fully saturated rings. The van der Waals surface area contributed by atoms with Gasteiger partial charge in [-0.25, -0.2) is 4.79 Å². The molecule has 1 saturated carbocycles. The average molecular weight is 595 g/mol. The number of thioether (sulfide) groups is 1. The van der Waals surface area contributed by atoms with E-state index in [4.69, 9.17) is 32.7 Å². The van der Waals surface area contributed by atoms with Gasteiger partial charge in [0, 0.05) is 11.7 Å². The van der Waals surface area contributed by atoms with E-state index < -0.39 is 48.0 Å². The largest absolute Gasteiger partial charge is 0.461 e. The van der Waals surface area contributed by atoms with Crippen LogP contribution in [0, 0.1) is 11.8 Å². The summed E-state index contributed by atoms with van der Waals surface area (Å²) in [5.41, 5.74) is -0.767. The summed E-state index contributed by atoms with van der Waals surface area (Å²) in [5, 5.41) is 45.4. The third-order valence-corrected chi connectivity index (χ3v) is 9.01. The first-order valence-electron chi connectivity index (χ1n) is 12.9. The number of carbonyl (C=O) groups is 2. The SMILES string of the molecule is CCC[C@H]1CC[C@H](C(=O)N[C@@H]([C@H]2O[C@H](SCCOC(=O)c3ccc(Cl)c(Cl)c3)[C@H](O)[C@@H](O)[C@H]2O)[C@@H](C)O)C1. The molecule has 0 bridgehead atoms. The van der Waals surface area contributed by atoms with Crippen LogP contribution in [0.3, 0.4) is 0 Å². The van der Waals surface area contributed by atoms with E-state index in [1.165, 1.54) is 25.1 Å². The maximum Gasteiger partial charge on any atom is 0.338 e. The molecule has 1 heterocycles. The van der Waals surface area contributed by atoms with Gasteiger partial charge in [0.15, 0.2) is 0 Å². The fourth-order valence-corrected chi connectivity index (χ4v) is 6.33. The summed E-state index contributed by atoms with van der Waals surface area (Å²) >= 11 is 12.9. The van der Waals surface area contributed by atoms with Crippen molar-refractivity contribution in [1.29, 1.82) is 0 Å². The number of aliphatic hydroxyl groups is 4. The molecule has 1 aromatic rings. The van der Waals surface area contributed by atoms with E-state index in [-0.39, 0.29) is 34.8 Å². The number of aliphatic hydroxyl groups excluding tert-OH is 4. The highest BCUT2D eigenvalue weighted by atomic mass is 35.5. The molecular formula is C26H37Cl2NO8S. The number of halogens is 2. The second kappa shape index (κ2) is 14.5. The quantitative estimate of drug-likeness (QED) is 0.193. The second-order valence-electron chi connectivity index (χ2n) is 10.0. The summed E-state index contributed by atoms with van der Waals surface area (Å²) in [6.45, 7) is 3.56. The molecule has 9 nitrogen and oxygen atoms in total. The van der Waals surface area contributed by atoms with Crippen LogP contribution >= 0.6 is 35.0 Å². The minimum Gasteiger partial charge on any atom is -0.461 e. The smallest absolute Gasteiger partial charge is 0.338 e. The number of rotatable bonds is 11. The molecular weight excluding hydrogens is 557 g/mol. The van der Waals surface area contributed by atoms with Crippen molar-refractivity contribution in [2.24, 2.45) is 11.8 Å². The zero-order valence-corrected chi connectivity index (χ0v) is 23.8. The molecule has 5 N–H and O–H groups in total. The molecule has 3 rings (SSSR count). The van der Waals surface area contributed by atoms with Crippen LogP contribution in [0.25, 0.3) is 0 Å². The third kappa shape index (κ3) is 7.97. The lowest BCUT2D eigenvalue weighted by Crippen LogP contribution is -2.65. The Morgan fingerprint density at radius 1 is 1.16 bits per heavy atom. The summed E-state index contributed by atoms with van der Waals surface area (Å²) in [7, 11) is 0. The summed E-state index contributed by atoms with van der Waals surface area (Å²) < 4.78 is 11.1. The average Bonchev–Trinajstić information content (AvgIpc) is 3.35. The van der Waals surface area contributed by atoms with Gasteiger partial charge in [-0.2, -0.15) is 0 Å². The highest BCUT2D eigenvalue weighted by Gasteiger charge is 2.48. The summed E-state index contributed by atoms with van der Waals surface area (Å²) in [6, 6.07) is 3.37. The molecule has 2 aliphatic rings. The Balaban J connectivity index is 1.57. The van der Waals surface area contributed by atoms with E-state index >= 15 is 0 Å². The molecule has 1 saturated heterocycles. The molecule has 9 atom stereocenters. The first-order chi connectivity index (χ1) is 18.0. The molecule has 38 heavy (non-hydrogen) atoms. The summed E-state index contributed by atoms with van der Waals surface area (Å²) in [5.74, 6) is -0.297. The van der Waals surface area contributed by atoms with Crippen molar-refractivity contribution in [2.45, 2.75) is 87.9 Å². The lowest BCUT2D eigenvalue weighted by atomic mass is 9.91. The standard InChI is InChI=1S/C26H37Cl2NO8S/c1-3-4-14-5-6-15(11-14)24(34)29-19(13(2)30)23-21(32)20(31)22(33)26(37-23)38-10-9-36-25(35)16-7-8-17(27)18(28)12-16/h7-8,12-15,19-23,26,30-33H,3-6,9-11H2,1-2H3,(H,29,34)/t13-,14+,15+,19-,20+,21-,22-,23-,26-/m1/s1. The van der Waals surface area contributed by atoms with E-state index in [9.17, 15) is 30.0 Å². The predicted octanol–water partition coefficient (Wildman–Crippen LogP) is 2.77. The molecule has 214 valence electrons. The zero-order chi connectivity index (χ0) is 28.0. The predicted molar refractivity (Wildman–Crippen MR) is 145 cm³/mol. The monoisotopic (exact) mass is 593 g/mol. The number of amides is 1. The molecule has 0 radical (unpaired) electrons. The van der Waals surface area contributed by atoms with Crippen molar-refractivity contribution in [1.82, 2.24) is 5.32 Å². The molecule has 1 amide bonds. The first kappa shape index (κ1) is 31.4. The van der Waals surface area contributed by atoms with Crippen LogP contribution in [0.2, 0.25) is 10.0 Å². The third-order valence-electron chi connectivity index (χ3n) is 7.15. The number of nitrogens with one attached hydrogen (secondary N) is 1. The first-order valence-corrected chi connectivity index (χ1v) is 14.8. The number of esters is 1. The minimum atomic E-state index is -1.57. The Kier molecular flexibility index (Phi) is 12.0. The normalized spacial score (nSPS) is 31.0. The Morgan fingerprint density at radius 3 is 2.55 bits per heavy atom. The van der Waals surface area contributed by atoms with Crippen LogP contribution in [0.1, 0.15) is 56.3 Å². The van der Waals surface area contributed by atoms with Crippen molar-refractivity contribution >= 4 is 46.8 Å². The summed E-state index contributed by atoms with van der Waals surface area (Å²) in [6.07, 6.45) is -2.15. The molecule has 12 heteroatoms. The van der Waals surface area contributed by atoms with Gasteiger partial charge in [0.25, 0.3) is 0 Å². The fourth-order valence-electron chi connectivity index (χ4n) is 5.06. The molecule has 0 unspecified atom stereocenters. The molecule has 1 aliphatic heterocycles. The van der Waals surface area contributed by atoms with Crippen molar-refractivity contribution in [3.05, 3.63) is 33.8 Å². The van der Waals surface area contributed by atoms with E-state index in [0.29, 0.717) is 10.9 Å². The van der Waals surface area contributed by atoms with Crippen molar-refractivity contribution in [2.75, 3.05) is 12.4 Å². The topological polar surface area (TPSA) is 146 Å². The van der Waals surface area contributed by atoms with Gasteiger partial charge >= 0.3 is 5.97 Å². The minimum absolute atomic E-state index is 0.0309. The fraction of sp³-hybridized carbons (Fsp3) is 0.692. The Hall–Kier alpha value is -1.11. The van der Waals surface area contributed by atoms with Gasteiger partial charge in [-0.15, -0.1) is 11.8 Å². The van der Waals surface area contributed by atoms with Gasteiger partial charge in [-0.3, -0.25) is 4.79 Å². The highest BCUT2D eigenvalue weighted by Crippen LogP contribution is 2.35. The molecule has 1 aliphatic carbocycles. The Morgan fingerprint density at radius 2 is 1.89 bits per heavy atom. The van der Waals surface area contributed by atoms with E-state index in [2.05, 4.69) is 12.2 Å². The van der Waals surface area contributed by atoms with Gasteiger partial charge in [0.1, 0.15) is 36.5 Å². The lowest BCUT2D eigenvalue weighted by Gasteiger charge is -2.44. The Labute approximate surface area is 237 Å². The lowest BCUT2D eigenvalue weighted by molar-refractivity contribution is -0.211. The molecule has 1 aromatic carbocycles. The van der Waals surface area contributed by atoms with Crippen LogP contribution in [0.15, 0.2) is 18.2 Å². The van der Waals surface area contributed by atoms with Crippen LogP contribution in [-0.4, -0.2) is 86.7 Å². The van der Waals surface area contributed by atoms with E-state index in [1.807, 2.05) is 0 Å². The molecule has 0 aromatic heterocycles.